The molecule has 0 spiro atoms. The monoisotopic (exact) mass is 345 g/mol. The molecule has 0 bridgehead atoms. The second-order valence-corrected chi connectivity index (χ2v) is 5.95. The Kier molecular flexibility index (Phi) is 6.35. The zero-order chi connectivity index (χ0) is 17.5. The Morgan fingerprint density at radius 2 is 1.88 bits per heavy atom. The molecular weight excluding hydrogens is 326 g/mol. The highest BCUT2D eigenvalue weighted by atomic mass is 35.5. The molecular formula is C18H20ClN3O2. The van der Waals surface area contributed by atoms with E-state index < -0.39 is 0 Å². The maximum atomic E-state index is 12.7. The fourth-order valence-electron chi connectivity index (χ4n) is 2.33. The van der Waals surface area contributed by atoms with Crippen LogP contribution in [0.5, 0.6) is 0 Å². The minimum absolute atomic E-state index is 0.0916. The Bertz CT molecular complexity index is 719. The van der Waals surface area contributed by atoms with Gasteiger partial charge in [0, 0.05) is 34.9 Å². The third-order valence-corrected chi connectivity index (χ3v) is 3.73. The van der Waals surface area contributed by atoms with Crippen molar-refractivity contribution in [1.29, 1.82) is 0 Å². The van der Waals surface area contributed by atoms with Crippen molar-refractivity contribution < 1.29 is 9.59 Å². The van der Waals surface area contributed by atoms with Gasteiger partial charge >= 0.3 is 0 Å². The van der Waals surface area contributed by atoms with Gasteiger partial charge in [-0.05, 0) is 25.2 Å². The second-order valence-electron chi connectivity index (χ2n) is 5.52. The van der Waals surface area contributed by atoms with E-state index in [1.54, 1.807) is 30.3 Å². The Morgan fingerprint density at radius 1 is 1.17 bits per heavy atom. The second kappa shape index (κ2) is 8.47. The summed E-state index contributed by atoms with van der Waals surface area (Å²) in [6.07, 6.45) is 0. The van der Waals surface area contributed by atoms with Gasteiger partial charge in [0.15, 0.2) is 5.78 Å². The zero-order valence-corrected chi connectivity index (χ0v) is 14.2. The molecule has 0 heterocycles. The minimum Gasteiger partial charge on any atom is -0.383 e. The van der Waals surface area contributed by atoms with E-state index in [-0.39, 0.29) is 18.2 Å². The van der Waals surface area contributed by atoms with Gasteiger partial charge in [0.1, 0.15) is 0 Å². The molecule has 24 heavy (non-hydrogen) atoms. The first-order chi connectivity index (χ1) is 11.5. The lowest BCUT2D eigenvalue weighted by molar-refractivity contribution is -0.118. The molecule has 0 aliphatic heterocycles. The number of rotatable bonds is 8. The third kappa shape index (κ3) is 5.08. The van der Waals surface area contributed by atoms with Gasteiger partial charge in [-0.2, -0.15) is 0 Å². The van der Waals surface area contributed by atoms with Crippen LogP contribution in [-0.4, -0.2) is 43.3 Å². The predicted octanol–water partition coefficient (Wildman–Crippen LogP) is 2.40. The molecule has 0 aromatic heterocycles. The van der Waals surface area contributed by atoms with Gasteiger partial charge in [-0.1, -0.05) is 41.9 Å². The van der Waals surface area contributed by atoms with E-state index in [9.17, 15) is 9.59 Å². The molecule has 1 amide bonds. The number of nitrogens with two attached hydrogens (primary N) is 1. The first kappa shape index (κ1) is 18.0. The predicted molar refractivity (Wildman–Crippen MR) is 96.5 cm³/mol. The number of anilines is 1. The number of ketones is 1. The normalized spacial score (nSPS) is 10.6. The lowest BCUT2D eigenvalue weighted by atomic mass is 10.0. The topological polar surface area (TPSA) is 75.4 Å². The van der Waals surface area contributed by atoms with Gasteiger partial charge in [0.25, 0.3) is 0 Å². The summed E-state index contributed by atoms with van der Waals surface area (Å²) in [5.74, 6) is -0.463. The van der Waals surface area contributed by atoms with Gasteiger partial charge in [-0.3, -0.25) is 14.5 Å². The van der Waals surface area contributed by atoms with Crippen LogP contribution in [0, 0.1) is 0 Å². The number of halogens is 1. The summed E-state index contributed by atoms with van der Waals surface area (Å²) in [6.45, 7) is 1.38. The average Bonchev–Trinajstić information content (AvgIpc) is 2.55. The third-order valence-electron chi connectivity index (χ3n) is 3.50. The molecule has 6 heteroatoms. The Hall–Kier alpha value is -2.37. The molecule has 0 aliphatic carbocycles. The molecule has 0 unspecified atom stereocenters. The molecule has 2 rings (SSSR count). The SMILES string of the molecule is CN(CCNc1ccc(Cl)cc1C(=O)c1ccccc1)CC(N)=O. The first-order valence-corrected chi connectivity index (χ1v) is 7.95. The summed E-state index contributed by atoms with van der Waals surface area (Å²) >= 11 is 6.05. The van der Waals surface area contributed by atoms with E-state index in [1.807, 2.05) is 30.1 Å². The summed E-state index contributed by atoms with van der Waals surface area (Å²) < 4.78 is 0. The molecule has 0 fully saturated rings. The average molecular weight is 346 g/mol. The van der Waals surface area contributed by atoms with Crippen molar-refractivity contribution in [2.24, 2.45) is 5.73 Å². The molecule has 0 radical (unpaired) electrons. The summed E-state index contributed by atoms with van der Waals surface area (Å²) in [6, 6.07) is 14.2. The number of primary amides is 1. The number of likely N-dealkylation sites (N-methyl/N-ethyl adjacent to an activating group) is 1. The van der Waals surface area contributed by atoms with E-state index in [4.69, 9.17) is 17.3 Å². The Balaban J connectivity index is 2.10. The zero-order valence-electron chi connectivity index (χ0n) is 13.5. The van der Waals surface area contributed by atoms with Crippen LogP contribution in [0.25, 0.3) is 0 Å². The van der Waals surface area contributed by atoms with Crippen LogP contribution in [0.1, 0.15) is 15.9 Å². The molecule has 0 atom stereocenters. The molecule has 0 saturated carbocycles. The van der Waals surface area contributed by atoms with Crippen molar-refractivity contribution in [2.45, 2.75) is 0 Å². The number of hydrogen-bond donors (Lipinski definition) is 2. The summed E-state index contributed by atoms with van der Waals surface area (Å²) in [7, 11) is 1.81. The quantitative estimate of drug-likeness (QED) is 0.720. The van der Waals surface area contributed by atoms with Crippen LogP contribution < -0.4 is 11.1 Å². The minimum atomic E-state index is -0.371. The van der Waals surface area contributed by atoms with E-state index in [0.717, 1.165) is 0 Å². The maximum absolute atomic E-state index is 12.7. The molecule has 0 saturated heterocycles. The van der Waals surface area contributed by atoms with Crippen LogP contribution in [0.3, 0.4) is 0 Å². The van der Waals surface area contributed by atoms with Crippen molar-refractivity contribution in [3.8, 4) is 0 Å². The van der Waals surface area contributed by atoms with E-state index in [2.05, 4.69) is 5.32 Å². The largest absolute Gasteiger partial charge is 0.383 e. The molecule has 3 N–H and O–H groups in total. The lowest BCUT2D eigenvalue weighted by Crippen LogP contribution is -2.33. The van der Waals surface area contributed by atoms with Crippen LogP contribution in [-0.2, 0) is 4.79 Å². The smallest absolute Gasteiger partial charge is 0.231 e. The van der Waals surface area contributed by atoms with E-state index in [1.165, 1.54) is 0 Å². The number of nitrogens with one attached hydrogen (secondary N) is 1. The summed E-state index contributed by atoms with van der Waals surface area (Å²) in [5.41, 5.74) is 6.99. The Morgan fingerprint density at radius 3 is 2.54 bits per heavy atom. The number of carbonyl (C=O) groups is 2. The molecule has 2 aromatic carbocycles. The standard InChI is InChI=1S/C18H20ClN3O2/c1-22(12-17(20)23)10-9-21-16-8-7-14(19)11-15(16)18(24)13-5-3-2-4-6-13/h2-8,11,21H,9-10,12H2,1H3,(H2,20,23). The molecule has 126 valence electrons. The number of nitrogens with zero attached hydrogens (tertiary/aromatic N) is 1. The van der Waals surface area contributed by atoms with E-state index >= 15 is 0 Å². The van der Waals surface area contributed by atoms with Crippen molar-refractivity contribution in [3.05, 3.63) is 64.7 Å². The Labute approximate surface area is 146 Å². The molecule has 2 aromatic rings. The fourth-order valence-corrected chi connectivity index (χ4v) is 2.50. The van der Waals surface area contributed by atoms with Gasteiger partial charge in [0.05, 0.1) is 6.54 Å². The van der Waals surface area contributed by atoms with Gasteiger partial charge in [-0.15, -0.1) is 0 Å². The van der Waals surface area contributed by atoms with Crippen LogP contribution in [0.15, 0.2) is 48.5 Å². The van der Waals surface area contributed by atoms with E-state index in [0.29, 0.717) is 34.9 Å². The highest BCUT2D eigenvalue weighted by Gasteiger charge is 2.14. The highest BCUT2D eigenvalue weighted by molar-refractivity contribution is 6.31. The van der Waals surface area contributed by atoms with Crippen molar-refractivity contribution >= 4 is 29.0 Å². The lowest BCUT2D eigenvalue weighted by Gasteiger charge is -2.17. The number of benzene rings is 2. The number of hydrogen-bond acceptors (Lipinski definition) is 4. The fraction of sp³-hybridized carbons (Fsp3) is 0.222. The van der Waals surface area contributed by atoms with Crippen LogP contribution >= 0.6 is 11.6 Å². The van der Waals surface area contributed by atoms with Crippen molar-refractivity contribution in [3.63, 3.8) is 0 Å². The summed E-state index contributed by atoms with van der Waals surface area (Å²) in [4.78, 5) is 25.4. The van der Waals surface area contributed by atoms with Crippen molar-refractivity contribution in [2.75, 3.05) is 32.0 Å². The molecule has 0 aliphatic rings. The number of carbonyl (C=O) groups excluding carboxylic acids is 2. The molecule has 5 nitrogen and oxygen atoms in total. The van der Waals surface area contributed by atoms with Crippen molar-refractivity contribution in [1.82, 2.24) is 4.90 Å². The summed E-state index contributed by atoms with van der Waals surface area (Å²) in [5, 5.41) is 3.73. The highest BCUT2D eigenvalue weighted by Crippen LogP contribution is 2.23. The van der Waals surface area contributed by atoms with Gasteiger partial charge in [0.2, 0.25) is 5.91 Å². The van der Waals surface area contributed by atoms with Gasteiger partial charge in [-0.25, -0.2) is 0 Å². The van der Waals surface area contributed by atoms with Crippen LogP contribution in [0.2, 0.25) is 5.02 Å². The maximum Gasteiger partial charge on any atom is 0.231 e. The number of amides is 1. The van der Waals surface area contributed by atoms with Gasteiger partial charge < -0.3 is 11.1 Å². The first-order valence-electron chi connectivity index (χ1n) is 7.57. The van der Waals surface area contributed by atoms with Crippen LogP contribution in [0.4, 0.5) is 5.69 Å².